The number of hydrogen-bond acceptors (Lipinski definition) is 5. The third-order valence-electron chi connectivity index (χ3n) is 4.05. The highest BCUT2D eigenvalue weighted by Crippen LogP contribution is 2.22. The van der Waals surface area contributed by atoms with Crippen LogP contribution in [0.1, 0.15) is 36.2 Å². The molecule has 2 amide bonds. The van der Waals surface area contributed by atoms with Crippen LogP contribution in [0, 0.1) is 0 Å². The largest absolute Gasteiger partial charge is 0.446 e. The average molecular weight is 340 g/mol. The number of aromatic nitrogens is 2. The number of nitrogens with one attached hydrogen (secondary N) is 2. The molecule has 3 rings (SSSR count). The predicted molar refractivity (Wildman–Crippen MR) is 92.1 cm³/mol. The summed E-state index contributed by atoms with van der Waals surface area (Å²) < 4.78 is 5.48. The first-order valence-electron chi connectivity index (χ1n) is 8.30. The molecule has 0 aliphatic heterocycles. The maximum atomic E-state index is 12.1. The molecular formula is C18H20N4O3. The molecule has 25 heavy (non-hydrogen) atoms. The normalized spacial score (nSPS) is 19.7. The monoisotopic (exact) mass is 340 g/mol. The molecule has 0 saturated heterocycles. The van der Waals surface area contributed by atoms with Gasteiger partial charge in [-0.05, 0) is 31.4 Å². The fourth-order valence-electron chi connectivity index (χ4n) is 2.88. The van der Waals surface area contributed by atoms with E-state index in [0.29, 0.717) is 12.1 Å². The van der Waals surface area contributed by atoms with Gasteiger partial charge in [0.05, 0.1) is 6.20 Å². The number of amides is 2. The van der Waals surface area contributed by atoms with Gasteiger partial charge in [0.1, 0.15) is 11.8 Å². The number of carbonyl (C=O) groups excluding carboxylic acids is 2. The number of para-hydroxylation sites is 1. The van der Waals surface area contributed by atoms with Crippen LogP contribution >= 0.6 is 0 Å². The fraction of sp³-hybridized carbons (Fsp3) is 0.333. The lowest BCUT2D eigenvalue weighted by molar-refractivity contribution is 0.0711. The average Bonchev–Trinajstić information content (AvgIpc) is 2.63. The first-order chi connectivity index (χ1) is 12.2. The van der Waals surface area contributed by atoms with Gasteiger partial charge in [-0.15, -0.1) is 0 Å². The van der Waals surface area contributed by atoms with Crippen LogP contribution in [-0.2, 0) is 4.74 Å². The number of ether oxygens (including phenoxy) is 1. The van der Waals surface area contributed by atoms with Gasteiger partial charge in [0.25, 0.3) is 5.91 Å². The molecule has 1 aromatic heterocycles. The lowest BCUT2D eigenvalue weighted by Crippen LogP contribution is -2.41. The summed E-state index contributed by atoms with van der Waals surface area (Å²) in [5.41, 5.74) is 0.975. The Balaban J connectivity index is 1.49. The van der Waals surface area contributed by atoms with Crippen LogP contribution in [0.3, 0.4) is 0 Å². The second-order valence-electron chi connectivity index (χ2n) is 5.95. The number of rotatable bonds is 4. The van der Waals surface area contributed by atoms with Crippen LogP contribution in [0.2, 0.25) is 0 Å². The highest BCUT2D eigenvalue weighted by molar-refractivity contribution is 5.92. The molecule has 0 bridgehead atoms. The van der Waals surface area contributed by atoms with Crippen molar-refractivity contribution in [2.75, 3.05) is 5.32 Å². The molecule has 0 spiro atoms. The van der Waals surface area contributed by atoms with Crippen molar-refractivity contribution in [3.05, 3.63) is 54.6 Å². The van der Waals surface area contributed by atoms with E-state index in [1.807, 2.05) is 18.2 Å². The summed E-state index contributed by atoms with van der Waals surface area (Å²) >= 11 is 0. The number of hydrogen-bond donors (Lipinski definition) is 2. The van der Waals surface area contributed by atoms with Gasteiger partial charge in [0.15, 0.2) is 0 Å². The van der Waals surface area contributed by atoms with Gasteiger partial charge in [-0.3, -0.25) is 15.1 Å². The molecule has 1 heterocycles. The van der Waals surface area contributed by atoms with Crippen LogP contribution < -0.4 is 10.6 Å². The van der Waals surface area contributed by atoms with Gasteiger partial charge in [-0.25, -0.2) is 9.78 Å². The van der Waals surface area contributed by atoms with Crippen molar-refractivity contribution in [1.29, 1.82) is 0 Å². The summed E-state index contributed by atoms with van der Waals surface area (Å²) in [7, 11) is 0. The van der Waals surface area contributed by atoms with E-state index in [1.165, 1.54) is 18.6 Å². The Morgan fingerprint density at radius 3 is 2.72 bits per heavy atom. The molecule has 7 heteroatoms. The fourth-order valence-corrected chi connectivity index (χ4v) is 2.88. The van der Waals surface area contributed by atoms with Crippen molar-refractivity contribution in [2.45, 2.75) is 37.8 Å². The van der Waals surface area contributed by atoms with Crippen LogP contribution in [0.15, 0.2) is 48.9 Å². The van der Waals surface area contributed by atoms with Crippen LogP contribution in [0.4, 0.5) is 10.5 Å². The van der Waals surface area contributed by atoms with Crippen LogP contribution in [-0.4, -0.2) is 34.1 Å². The van der Waals surface area contributed by atoms with Gasteiger partial charge in [0.2, 0.25) is 0 Å². The quantitative estimate of drug-likeness (QED) is 0.893. The maximum absolute atomic E-state index is 12.1. The number of anilines is 1. The van der Waals surface area contributed by atoms with Crippen molar-refractivity contribution in [3.8, 4) is 0 Å². The summed E-state index contributed by atoms with van der Waals surface area (Å²) in [6.45, 7) is 0. The summed E-state index contributed by atoms with van der Waals surface area (Å²) in [5.74, 6) is -0.257. The van der Waals surface area contributed by atoms with E-state index < -0.39 is 6.09 Å². The lowest BCUT2D eigenvalue weighted by atomic mass is 9.93. The molecule has 1 aliphatic carbocycles. The Labute approximate surface area is 145 Å². The zero-order valence-electron chi connectivity index (χ0n) is 13.7. The molecule has 1 fully saturated rings. The van der Waals surface area contributed by atoms with Gasteiger partial charge in [-0.1, -0.05) is 18.2 Å². The molecule has 2 N–H and O–H groups in total. The minimum absolute atomic E-state index is 0.0437. The Bertz CT molecular complexity index is 709. The van der Waals surface area contributed by atoms with E-state index >= 15 is 0 Å². The Morgan fingerprint density at radius 1 is 1.12 bits per heavy atom. The summed E-state index contributed by atoms with van der Waals surface area (Å²) in [5, 5.41) is 5.64. The second-order valence-corrected chi connectivity index (χ2v) is 5.95. The van der Waals surface area contributed by atoms with E-state index in [2.05, 4.69) is 20.6 Å². The summed E-state index contributed by atoms with van der Waals surface area (Å²) in [6, 6.07) is 9.11. The number of carbonyl (C=O) groups is 2. The van der Waals surface area contributed by atoms with Gasteiger partial charge >= 0.3 is 6.09 Å². The molecule has 2 unspecified atom stereocenters. The van der Waals surface area contributed by atoms with Crippen molar-refractivity contribution in [2.24, 2.45) is 0 Å². The van der Waals surface area contributed by atoms with Crippen molar-refractivity contribution >= 4 is 17.7 Å². The smallest absolute Gasteiger partial charge is 0.411 e. The molecule has 7 nitrogen and oxygen atoms in total. The van der Waals surface area contributed by atoms with Gasteiger partial charge in [0, 0.05) is 30.5 Å². The molecule has 1 saturated carbocycles. The zero-order chi connectivity index (χ0) is 17.5. The molecule has 1 aliphatic rings. The van der Waals surface area contributed by atoms with E-state index in [1.54, 1.807) is 12.1 Å². The first-order valence-corrected chi connectivity index (χ1v) is 8.30. The number of benzene rings is 1. The molecule has 0 radical (unpaired) electrons. The second kappa shape index (κ2) is 8.23. The zero-order valence-corrected chi connectivity index (χ0v) is 13.7. The van der Waals surface area contributed by atoms with Crippen molar-refractivity contribution in [1.82, 2.24) is 15.3 Å². The van der Waals surface area contributed by atoms with Crippen LogP contribution in [0.25, 0.3) is 0 Å². The molecule has 2 aromatic rings. The summed E-state index contributed by atoms with van der Waals surface area (Å²) in [6.07, 6.45) is 6.86. The summed E-state index contributed by atoms with van der Waals surface area (Å²) in [4.78, 5) is 32.0. The maximum Gasteiger partial charge on any atom is 0.411 e. The van der Waals surface area contributed by atoms with E-state index in [4.69, 9.17) is 4.74 Å². The van der Waals surface area contributed by atoms with Crippen molar-refractivity contribution < 1.29 is 14.3 Å². The van der Waals surface area contributed by atoms with E-state index in [9.17, 15) is 9.59 Å². The van der Waals surface area contributed by atoms with Gasteiger partial charge < -0.3 is 10.1 Å². The standard InChI is InChI=1S/C18H20N4O3/c23-17(16-12-19-9-10-20-16)21-14-7-4-8-15(11-14)25-18(24)22-13-5-2-1-3-6-13/h1-3,5-6,9-10,12,14-15H,4,7-8,11H2,(H,21,23)(H,22,24). The SMILES string of the molecule is O=C(Nc1ccccc1)OC1CCCC(NC(=O)c2cnccn2)C1. The minimum Gasteiger partial charge on any atom is -0.446 e. The lowest BCUT2D eigenvalue weighted by Gasteiger charge is -2.29. The van der Waals surface area contributed by atoms with Gasteiger partial charge in [-0.2, -0.15) is 0 Å². The predicted octanol–water partition coefficient (Wildman–Crippen LogP) is 2.77. The molecule has 1 aromatic carbocycles. The first kappa shape index (κ1) is 16.9. The number of nitrogens with zero attached hydrogens (tertiary/aromatic N) is 2. The minimum atomic E-state index is -0.475. The Morgan fingerprint density at radius 2 is 1.96 bits per heavy atom. The topological polar surface area (TPSA) is 93.2 Å². The van der Waals surface area contributed by atoms with E-state index in [-0.39, 0.29) is 23.7 Å². The third-order valence-corrected chi connectivity index (χ3v) is 4.05. The Hall–Kier alpha value is -2.96. The molecular weight excluding hydrogens is 320 g/mol. The van der Waals surface area contributed by atoms with E-state index in [0.717, 1.165) is 19.3 Å². The molecule has 130 valence electrons. The van der Waals surface area contributed by atoms with Crippen molar-refractivity contribution in [3.63, 3.8) is 0 Å². The third kappa shape index (κ3) is 5.00. The molecule has 2 atom stereocenters. The highest BCUT2D eigenvalue weighted by Gasteiger charge is 2.26. The van der Waals surface area contributed by atoms with Crippen LogP contribution in [0.5, 0.6) is 0 Å². The highest BCUT2D eigenvalue weighted by atomic mass is 16.6. The Kier molecular flexibility index (Phi) is 5.56.